The van der Waals surface area contributed by atoms with E-state index in [2.05, 4.69) is 27.5 Å². The summed E-state index contributed by atoms with van der Waals surface area (Å²) >= 11 is 5.41. The molecule has 2 rings (SSSR count). The number of hydrogen-bond acceptors (Lipinski definition) is 3. The molecule has 0 bridgehead atoms. The first-order valence-electron chi connectivity index (χ1n) is 6.42. The third-order valence-electron chi connectivity index (χ3n) is 3.34. The van der Waals surface area contributed by atoms with Crippen LogP contribution in [0, 0.1) is 0 Å². The topological polar surface area (TPSA) is 21.3 Å². The Balaban J connectivity index is 1.60. The highest BCUT2D eigenvalue weighted by Gasteiger charge is 2.22. The highest BCUT2D eigenvalue weighted by Crippen LogP contribution is 2.27. The zero-order valence-corrected chi connectivity index (χ0v) is 13.1. The SMILES string of the molecule is CSC1CCC(NCCOc2ccc(Br)cc2)C1. The van der Waals surface area contributed by atoms with E-state index in [4.69, 9.17) is 4.74 Å². The first-order valence-corrected chi connectivity index (χ1v) is 8.50. The number of halogens is 1. The maximum Gasteiger partial charge on any atom is 0.119 e. The third-order valence-corrected chi connectivity index (χ3v) is 4.96. The van der Waals surface area contributed by atoms with Crippen LogP contribution in [0.1, 0.15) is 19.3 Å². The average molecular weight is 330 g/mol. The summed E-state index contributed by atoms with van der Waals surface area (Å²) < 4.78 is 6.77. The Bertz CT molecular complexity index is 357. The van der Waals surface area contributed by atoms with Gasteiger partial charge in [-0.25, -0.2) is 0 Å². The molecule has 0 heterocycles. The van der Waals surface area contributed by atoms with E-state index in [1.165, 1.54) is 19.3 Å². The molecule has 0 radical (unpaired) electrons. The molecule has 1 aliphatic rings. The van der Waals surface area contributed by atoms with Crippen LogP contribution >= 0.6 is 27.7 Å². The van der Waals surface area contributed by atoms with E-state index >= 15 is 0 Å². The molecule has 0 aliphatic heterocycles. The van der Waals surface area contributed by atoms with E-state index in [9.17, 15) is 0 Å². The molecule has 4 heteroatoms. The Labute approximate surface area is 122 Å². The van der Waals surface area contributed by atoms with E-state index in [1.807, 2.05) is 36.0 Å². The van der Waals surface area contributed by atoms with Gasteiger partial charge in [0.15, 0.2) is 0 Å². The summed E-state index contributed by atoms with van der Waals surface area (Å²) in [6, 6.07) is 8.68. The van der Waals surface area contributed by atoms with E-state index in [-0.39, 0.29) is 0 Å². The Hall–Kier alpha value is -0.190. The van der Waals surface area contributed by atoms with Crippen molar-refractivity contribution in [3.63, 3.8) is 0 Å². The van der Waals surface area contributed by atoms with Crippen LogP contribution < -0.4 is 10.1 Å². The van der Waals surface area contributed by atoms with Crippen molar-refractivity contribution in [2.75, 3.05) is 19.4 Å². The normalized spacial score (nSPS) is 23.2. The van der Waals surface area contributed by atoms with Crippen LogP contribution in [0.4, 0.5) is 0 Å². The molecule has 0 aromatic heterocycles. The maximum absolute atomic E-state index is 5.69. The van der Waals surface area contributed by atoms with Crippen LogP contribution in [0.3, 0.4) is 0 Å². The van der Waals surface area contributed by atoms with Gasteiger partial charge in [-0.2, -0.15) is 11.8 Å². The van der Waals surface area contributed by atoms with Crippen molar-refractivity contribution in [3.05, 3.63) is 28.7 Å². The Morgan fingerprint density at radius 1 is 1.33 bits per heavy atom. The number of ether oxygens (including phenoxy) is 1. The lowest BCUT2D eigenvalue weighted by atomic mass is 10.2. The van der Waals surface area contributed by atoms with E-state index in [1.54, 1.807) is 0 Å². The standard InChI is InChI=1S/C14H20BrNOS/c1-18-14-7-4-12(10-14)16-8-9-17-13-5-2-11(15)3-6-13/h2-3,5-6,12,14,16H,4,7-10H2,1H3. The molecule has 0 saturated heterocycles. The van der Waals surface area contributed by atoms with Crippen molar-refractivity contribution in [1.82, 2.24) is 5.32 Å². The molecule has 2 unspecified atom stereocenters. The molecule has 1 fully saturated rings. The highest BCUT2D eigenvalue weighted by atomic mass is 79.9. The molecule has 2 nitrogen and oxygen atoms in total. The molecule has 1 N–H and O–H groups in total. The van der Waals surface area contributed by atoms with E-state index in [0.29, 0.717) is 6.04 Å². The minimum atomic E-state index is 0.691. The van der Waals surface area contributed by atoms with Gasteiger partial charge in [-0.05, 0) is 49.8 Å². The molecule has 0 amide bonds. The number of hydrogen-bond donors (Lipinski definition) is 1. The van der Waals surface area contributed by atoms with Crippen LogP contribution in [0.25, 0.3) is 0 Å². The highest BCUT2D eigenvalue weighted by molar-refractivity contribution is 9.10. The smallest absolute Gasteiger partial charge is 0.119 e. The van der Waals surface area contributed by atoms with Gasteiger partial charge in [0.2, 0.25) is 0 Å². The fraction of sp³-hybridized carbons (Fsp3) is 0.571. The summed E-state index contributed by atoms with van der Waals surface area (Å²) in [4.78, 5) is 0. The third kappa shape index (κ3) is 4.48. The number of benzene rings is 1. The molecule has 1 saturated carbocycles. The molecule has 0 spiro atoms. The van der Waals surface area contributed by atoms with Crippen molar-refractivity contribution in [1.29, 1.82) is 0 Å². The first-order chi connectivity index (χ1) is 8.78. The predicted molar refractivity (Wildman–Crippen MR) is 82.6 cm³/mol. The van der Waals surface area contributed by atoms with Crippen LogP contribution in [-0.4, -0.2) is 30.7 Å². The molecular weight excluding hydrogens is 310 g/mol. The minimum Gasteiger partial charge on any atom is -0.492 e. The summed E-state index contributed by atoms with van der Waals surface area (Å²) in [6.07, 6.45) is 6.18. The second-order valence-corrected chi connectivity index (χ2v) is 6.68. The predicted octanol–water partition coefficient (Wildman–Crippen LogP) is 3.70. The Morgan fingerprint density at radius 3 is 2.78 bits per heavy atom. The first kappa shape index (κ1) is 14.2. The van der Waals surface area contributed by atoms with E-state index < -0.39 is 0 Å². The fourth-order valence-corrected chi connectivity index (χ4v) is 3.36. The summed E-state index contributed by atoms with van der Waals surface area (Å²) in [7, 11) is 0. The van der Waals surface area contributed by atoms with Gasteiger partial charge in [0.05, 0.1) is 0 Å². The van der Waals surface area contributed by atoms with Crippen LogP contribution in [0.2, 0.25) is 0 Å². The molecule has 100 valence electrons. The van der Waals surface area contributed by atoms with Gasteiger partial charge < -0.3 is 10.1 Å². The minimum absolute atomic E-state index is 0.691. The van der Waals surface area contributed by atoms with Crippen molar-refractivity contribution in [2.24, 2.45) is 0 Å². The van der Waals surface area contributed by atoms with Crippen molar-refractivity contribution in [3.8, 4) is 5.75 Å². The molecular formula is C14H20BrNOS. The lowest BCUT2D eigenvalue weighted by molar-refractivity contribution is 0.305. The van der Waals surface area contributed by atoms with Gasteiger partial charge in [0.1, 0.15) is 12.4 Å². The second-order valence-electron chi connectivity index (χ2n) is 4.62. The van der Waals surface area contributed by atoms with Crippen LogP contribution in [0.5, 0.6) is 5.75 Å². The van der Waals surface area contributed by atoms with Crippen molar-refractivity contribution < 1.29 is 4.74 Å². The Morgan fingerprint density at radius 2 is 2.11 bits per heavy atom. The second kappa shape index (κ2) is 7.41. The van der Waals surface area contributed by atoms with Gasteiger partial charge in [-0.3, -0.25) is 0 Å². The average Bonchev–Trinajstić information content (AvgIpc) is 2.85. The quantitative estimate of drug-likeness (QED) is 0.804. The number of nitrogens with one attached hydrogen (secondary N) is 1. The van der Waals surface area contributed by atoms with Crippen LogP contribution in [-0.2, 0) is 0 Å². The summed E-state index contributed by atoms with van der Waals surface area (Å²) in [5.74, 6) is 0.938. The zero-order valence-electron chi connectivity index (χ0n) is 10.7. The summed E-state index contributed by atoms with van der Waals surface area (Å²) in [5.41, 5.74) is 0. The summed E-state index contributed by atoms with van der Waals surface area (Å²) in [5, 5.41) is 4.44. The van der Waals surface area contributed by atoms with Crippen molar-refractivity contribution >= 4 is 27.7 Å². The summed E-state index contributed by atoms with van der Waals surface area (Å²) in [6.45, 7) is 1.67. The van der Waals surface area contributed by atoms with Crippen molar-refractivity contribution in [2.45, 2.75) is 30.6 Å². The van der Waals surface area contributed by atoms with Gasteiger partial charge in [-0.15, -0.1) is 0 Å². The van der Waals surface area contributed by atoms with Gasteiger partial charge in [0, 0.05) is 22.3 Å². The molecule has 1 aromatic carbocycles. The number of thioether (sulfide) groups is 1. The maximum atomic E-state index is 5.69. The molecule has 18 heavy (non-hydrogen) atoms. The van der Waals surface area contributed by atoms with Gasteiger partial charge >= 0.3 is 0 Å². The largest absolute Gasteiger partial charge is 0.492 e. The zero-order chi connectivity index (χ0) is 12.8. The fourth-order valence-electron chi connectivity index (χ4n) is 2.30. The monoisotopic (exact) mass is 329 g/mol. The number of rotatable bonds is 6. The lowest BCUT2D eigenvalue weighted by Gasteiger charge is -2.13. The van der Waals surface area contributed by atoms with Gasteiger partial charge in [0.25, 0.3) is 0 Å². The van der Waals surface area contributed by atoms with E-state index in [0.717, 1.165) is 28.6 Å². The van der Waals surface area contributed by atoms with Gasteiger partial charge in [-0.1, -0.05) is 15.9 Å². The van der Waals surface area contributed by atoms with Crippen LogP contribution in [0.15, 0.2) is 28.7 Å². The molecule has 2 atom stereocenters. The lowest BCUT2D eigenvalue weighted by Crippen LogP contribution is -2.30. The molecule has 1 aromatic rings. The Kier molecular flexibility index (Phi) is 5.86. The molecule has 1 aliphatic carbocycles.